The summed E-state index contributed by atoms with van der Waals surface area (Å²) in [5.41, 5.74) is 2.02. The van der Waals surface area contributed by atoms with E-state index in [0.29, 0.717) is 5.92 Å². The second-order valence-corrected chi connectivity index (χ2v) is 6.18. The number of fused-ring (bicyclic) bond motifs is 1. The average molecular weight is 311 g/mol. The van der Waals surface area contributed by atoms with E-state index in [1.807, 2.05) is 42.5 Å². The topological polar surface area (TPSA) is 50.7 Å². The number of aliphatic hydroxyl groups excluding tert-OH is 1. The molecule has 1 atom stereocenters. The van der Waals surface area contributed by atoms with E-state index in [-0.39, 0.29) is 6.61 Å². The van der Waals surface area contributed by atoms with E-state index >= 15 is 0 Å². The molecule has 4 rings (SSSR count). The summed E-state index contributed by atoms with van der Waals surface area (Å²) in [7, 11) is 0. The Bertz CT molecular complexity index is 682. The monoisotopic (exact) mass is 311 g/mol. The minimum absolute atomic E-state index is 0.225. The molecule has 1 unspecified atom stereocenters. The van der Waals surface area contributed by atoms with Gasteiger partial charge in [0.1, 0.15) is 6.61 Å². The Labute approximate surface area is 136 Å². The van der Waals surface area contributed by atoms with E-state index in [0.717, 1.165) is 43.0 Å². The van der Waals surface area contributed by atoms with Crippen molar-refractivity contribution < 1.29 is 14.6 Å². The van der Waals surface area contributed by atoms with Gasteiger partial charge in [-0.25, -0.2) is 0 Å². The van der Waals surface area contributed by atoms with E-state index in [1.165, 1.54) is 5.56 Å². The summed E-state index contributed by atoms with van der Waals surface area (Å²) in [5.74, 6) is 0.850. The summed E-state index contributed by atoms with van der Waals surface area (Å²) in [6.45, 7) is 1.83. The molecule has 4 nitrogen and oxygen atoms in total. The molecule has 0 amide bonds. The molecule has 2 aliphatic rings. The normalized spacial score (nSPS) is 23.9. The van der Waals surface area contributed by atoms with Crippen molar-refractivity contribution in [2.24, 2.45) is 0 Å². The van der Waals surface area contributed by atoms with Crippen molar-refractivity contribution in [1.82, 2.24) is 5.32 Å². The first-order valence-electron chi connectivity index (χ1n) is 8.20. The third-order valence-electron chi connectivity index (χ3n) is 4.75. The van der Waals surface area contributed by atoms with Crippen molar-refractivity contribution in [2.75, 3.05) is 19.7 Å². The summed E-state index contributed by atoms with van der Waals surface area (Å²) in [5, 5.41) is 13.4. The van der Waals surface area contributed by atoms with Crippen molar-refractivity contribution >= 4 is 0 Å². The van der Waals surface area contributed by atoms with Crippen LogP contribution < -0.4 is 14.8 Å². The Morgan fingerprint density at radius 1 is 1.00 bits per heavy atom. The molecular formula is C19H21NO3. The summed E-state index contributed by atoms with van der Waals surface area (Å²) in [4.78, 5) is 0. The molecule has 0 spiro atoms. The average Bonchev–Trinajstić information content (AvgIpc) is 3.03. The second kappa shape index (κ2) is 5.87. The van der Waals surface area contributed by atoms with Crippen LogP contribution in [0.5, 0.6) is 11.5 Å². The third-order valence-corrected chi connectivity index (χ3v) is 4.75. The van der Waals surface area contributed by atoms with E-state index < -0.39 is 5.79 Å². The highest BCUT2D eigenvalue weighted by Crippen LogP contribution is 2.48. The fraction of sp³-hybridized carbons (Fsp3) is 0.368. The van der Waals surface area contributed by atoms with Crippen LogP contribution in [-0.2, 0) is 5.79 Å². The molecule has 1 saturated heterocycles. The lowest BCUT2D eigenvalue weighted by molar-refractivity contribution is -0.122. The molecule has 2 aliphatic heterocycles. The number of para-hydroxylation sites is 1. The number of piperidine rings is 1. The lowest BCUT2D eigenvalue weighted by Crippen LogP contribution is -2.39. The summed E-state index contributed by atoms with van der Waals surface area (Å²) in [6, 6.07) is 15.7. The molecule has 2 heterocycles. The number of hydrogen-bond donors (Lipinski definition) is 2. The minimum Gasteiger partial charge on any atom is -0.442 e. The first-order chi connectivity index (χ1) is 11.3. The SMILES string of the molecule is OCC1(c2ccccc2)Oc2cccc(C3CCNCC3)c2O1. The molecule has 0 aromatic heterocycles. The van der Waals surface area contributed by atoms with Crippen LogP contribution in [0.3, 0.4) is 0 Å². The number of rotatable bonds is 3. The largest absolute Gasteiger partial charge is 0.442 e. The van der Waals surface area contributed by atoms with Crippen molar-refractivity contribution in [1.29, 1.82) is 0 Å². The van der Waals surface area contributed by atoms with Crippen LogP contribution >= 0.6 is 0 Å². The zero-order valence-electron chi connectivity index (χ0n) is 13.0. The Morgan fingerprint density at radius 3 is 2.52 bits per heavy atom. The Hall–Kier alpha value is -2.04. The molecule has 2 N–H and O–H groups in total. The third kappa shape index (κ3) is 2.48. The van der Waals surface area contributed by atoms with Gasteiger partial charge in [0.15, 0.2) is 11.5 Å². The van der Waals surface area contributed by atoms with Crippen molar-refractivity contribution in [3.05, 3.63) is 59.7 Å². The molecule has 2 aromatic carbocycles. The van der Waals surface area contributed by atoms with Crippen molar-refractivity contribution in [2.45, 2.75) is 24.5 Å². The van der Waals surface area contributed by atoms with Gasteiger partial charge in [-0.2, -0.15) is 0 Å². The zero-order valence-corrected chi connectivity index (χ0v) is 13.0. The fourth-order valence-corrected chi connectivity index (χ4v) is 3.51. The number of nitrogens with one attached hydrogen (secondary N) is 1. The van der Waals surface area contributed by atoms with E-state index in [4.69, 9.17) is 9.47 Å². The number of benzene rings is 2. The molecule has 0 bridgehead atoms. The van der Waals surface area contributed by atoms with Gasteiger partial charge in [-0.15, -0.1) is 0 Å². The molecule has 0 saturated carbocycles. The molecule has 1 fully saturated rings. The van der Waals surface area contributed by atoms with Gasteiger partial charge in [0.2, 0.25) is 0 Å². The lowest BCUT2D eigenvalue weighted by atomic mass is 9.89. The molecule has 23 heavy (non-hydrogen) atoms. The zero-order chi connectivity index (χ0) is 15.7. The van der Waals surface area contributed by atoms with Crippen LogP contribution in [0.1, 0.15) is 29.9 Å². The van der Waals surface area contributed by atoms with Crippen molar-refractivity contribution in [3.8, 4) is 11.5 Å². The summed E-state index contributed by atoms with van der Waals surface area (Å²) in [6.07, 6.45) is 2.19. The smallest absolute Gasteiger partial charge is 0.301 e. The van der Waals surface area contributed by atoms with E-state index in [9.17, 15) is 5.11 Å². The number of hydrogen-bond acceptors (Lipinski definition) is 4. The van der Waals surface area contributed by atoms with Crippen LogP contribution in [0, 0.1) is 0 Å². The first kappa shape index (κ1) is 14.5. The second-order valence-electron chi connectivity index (χ2n) is 6.18. The maximum absolute atomic E-state index is 9.98. The predicted octanol–water partition coefficient (Wildman–Crippen LogP) is 2.77. The Balaban J connectivity index is 1.71. The van der Waals surface area contributed by atoms with Gasteiger partial charge >= 0.3 is 5.79 Å². The minimum atomic E-state index is -1.13. The number of ether oxygens (including phenoxy) is 2. The molecule has 0 radical (unpaired) electrons. The lowest BCUT2D eigenvalue weighted by Gasteiger charge is -2.27. The molecular weight excluding hydrogens is 290 g/mol. The van der Waals surface area contributed by atoms with Crippen LogP contribution in [0.4, 0.5) is 0 Å². The van der Waals surface area contributed by atoms with Crippen LogP contribution in [-0.4, -0.2) is 24.8 Å². The van der Waals surface area contributed by atoms with Crippen molar-refractivity contribution in [3.63, 3.8) is 0 Å². The molecule has 0 aliphatic carbocycles. The predicted molar refractivity (Wildman–Crippen MR) is 87.7 cm³/mol. The summed E-state index contributed by atoms with van der Waals surface area (Å²) < 4.78 is 12.3. The highest BCUT2D eigenvalue weighted by molar-refractivity contribution is 5.52. The highest BCUT2D eigenvalue weighted by Gasteiger charge is 2.44. The Morgan fingerprint density at radius 2 is 1.78 bits per heavy atom. The molecule has 4 heteroatoms. The fourth-order valence-electron chi connectivity index (χ4n) is 3.51. The van der Waals surface area contributed by atoms with E-state index in [2.05, 4.69) is 11.4 Å². The van der Waals surface area contributed by atoms with Gasteiger partial charge in [0.25, 0.3) is 0 Å². The van der Waals surface area contributed by atoms with Gasteiger partial charge in [0, 0.05) is 11.1 Å². The Kier molecular flexibility index (Phi) is 3.71. The highest BCUT2D eigenvalue weighted by atomic mass is 16.7. The van der Waals surface area contributed by atoms with Crippen LogP contribution in [0.2, 0.25) is 0 Å². The van der Waals surface area contributed by atoms with E-state index in [1.54, 1.807) is 0 Å². The van der Waals surface area contributed by atoms with Gasteiger partial charge in [-0.05, 0) is 37.9 Å². The first-order valence-corrected chi connectivity index (χ1v) is 8.20. The van der Waals surface area contributed by atoms with Gasteiger partial charge < -0.3 is 19.9 Å². The standard InChI is InChI=1S/C19H21NO3/c21-13-19(15-5-2-1-3-6-15)22-17-8-4-7-16(18(17)23-19)14-9-11-20-12-10-14/h1-8,14,20-21H,9-13H2. The number of aliphatic hydroxyl groups is 1. The molecule has 120 valence electrons. The van der Waals surface area contributed by atoms with Crippen LogP contribution in [0.25, 0.3) is 0 Å². The maximum Gasteiger partial charge on any atom is 0.301 e. The summed E-state index contributed by atoms with van der Waals surface area (Å²) >= 11 is 0. The quantitative estimate of drug-likeness (QED) is 0.915. The molecule has 2 aromatic rings. The van der Waals surface area contributed by atoms with Gasteiger partial charge in [-0.3, -0.25) is 0 Å². The van der Waals surface area contributed by atoms with Gasteiger partial charge in [-0.1, -0.05) is 42.5 Å². The maximum atomic E-state index is 9.98. The van der Waals surface area contributed by atoms with Gasteiger partial charge in [0.05, 0.1) is 0 Å². The van der Waals surface area contributed by atoms with Crippen LogP contribution in [0.15, 0.2) is 48.5 Å².